The van der Waals surface area contributed by atoms with Crippen molar-refractivity contribution in [3.63, 3.8) is 0 Å². The Morgan fingerprint density at radius 1 is 1.50 bits per heavy atom. The van der Waals surface area contributed by atoms with Crippen LogP contribution < -0.4 is 5.73 Å². The predicted molar refractivity (Wildman–Crippen MR) is 65.1 cm³/mol. The van der Waals surface area contributed by atoms with E-state index < -0.39 is 0 Å². The topological polar surface area (TPSA) is 54.5 Å². The first-order valence-corrected chi connectivity index (χ1v) is 5.67. The van der Waals surface area contributed by atoms with Crippen LogP contribution in [0.1, 0.15) is 26.0 Å². The summed E-state index contributed by atoms with van der Waals surface area (Å²) >= 11 is 0. The highest BCUT2D eigenvalue weighted by molar-refractivity contribution is 5.81. The molecule has 1 unspecified atom stereocenters. The molecule has 1 atom stereocenters. The highest BCUT2D eigenvalue weighted by Gasteiger charge is 2.39. The van der Waals surface area contributed by atoms with Crippen LogP contribution >= 0.6 is 0 Å². The molecule has 0 saturated heterocycles. The van der Waals surface area contributed by atoms with Gasteiger partial charge < -0.3 is 10.6 Å². The Hall–Kier alpha value is -1.58. The number of hydrogen-bond donors (Lipinski definition) is 1. The summed E-state index contributed by atoms with van der Waals surface area (Å²) < 4.78 is 0. The van der Waals surface area contributed by atoms with Gasteiger partial charge in [0, 0.05) is 12.7 Å². The van der Waals surface area contributed by atoms with Crippen LogP contribution in [0.3, 0.4) is 0 Å². The third kappa shape index (κ3) is 1.64. The highest BCUT2D eigenvalue weighted by Crippen LogP contribution is 2.30. The lowest BCUT2D eigenvalue weighted by molar-refractivity contribution is 0.219. The Bertz CT molecular complexity index is 387. The zero-order chi connectivity index (χ0) is 11.6. The largest absolute Gasteiger partial charge is 0.370 e. The Kier molecular flexibility index (Phi) is 2.81. The molecule has 86 valence electrons. The molecule has 0 fully saturated rings. The Labute approximate surface area is 96.2 Å². The number of aliphatic imine (C=N–C) groups is 1. The zero-order valence-electron chi connectivity index (χ0n) is 9.85. The maximum absolute atomic E-state index is 5.93. The fraction of sp³-hybridized carbons (Fsp3) is 0.500. The van der Waals surface area contributed by atoms with E-state index in [1.165, 1.54) is 0 Å². The number of guanidine groups is 1. The first kappa shape index (κ1) is 10.9. The van der Waals surface area contributed by atoms with Gasteiger partial charge in [0.25, 0.3) is 0 Å². The molecule has 0 saturated carbocycles. The van der Waals surface area contributed by atoms with Crippen molar-refractivity contribution in [1.82, 2.24) is 9.88 Å². The van der Waals surface area contributed by atoms with E-state index in [-0.39, 0.29) is 5.54 Å². The van der Waals surface area contributed by atoms with Crippen LogP contribution in [0.2, 0.25) is 0 Å². The van der Waals surface area contributed by atoms with E-state index in [2.05, 4.69) is 28.7 Å². The summed E-state index contributed by atoms with van der Waals surface area (Å²) in [5.74, 6) is 0.634. The van der Waals surface area contributed by atoms with Gasteiger partial charge in [-0.25, -0.2) is 0 Å². The van der Waals surface area contributed by atoms with Gasteiger partial charge in [-0.05, 0) is 25.5 Å². The Balaban J connectivity index is 2.32. The predicted octanol–water partition coefficient (Wildman–Crippen LogP) is 1.34. The molecule has 2 rings (SSSR count). The van der Waals surface area contributed by atoms with E-state index in [0.29, 0.717) is 12.5 Å². The average molecular weight is 218 g/mol. The summed E-state index contributed by atoms with van der Waals surface area (Å²) in [6.07, 6.45) is 2.87. The van der Waals surface area contributed by atoms with E-state index in [4.69, 9.17) is 5.73 Å². The summed E-state index contributed by atoms with van der Waals surface area (Å²) in [5.41, 5.74) is 6.78. The van der Waals surface area contributed by atoms with E-state index in [0.717, 1.165) is 18.7 Å². The number of aromatic nitrogens is 1. The number of nitrogens with two attached hydrogens (primary N) is 1. The van der Waals surface area contributed by atoms with Crippen LogP contribution in [-0.4, -0.2) is 28.9 Å². The van der Waals surface area contributed by atoms with Gasteiger partial charge in [-0.3, -0.25) is 9.98 Å². The molecule has 1 aromatic heterocycles. The fourth-order valence-corrected chi connectivity index (χ4v) is 2.14. The average Bonchev–Trinajstić information content (AvgIpc) is 2.60. The van der Waals surface area contributed by atoms with Crippen LogP contribution in [-0.2, 0) is 5.54 Å². The summed E-state index contributed by atoms with van der Waals surface area (Å²) in [6.45, 7) is 5.90. The molecule has 0 radical (unpaired) electrons. The second-order valence-corrected chi connectivity index (χ2v) is 4.31. The molecule has 2 N–H and O–H groups in total. The maximum atomic E-state index is 5.93. The van der Waals surface area contributed by atoms with Crippen LogP contribution in [0.15, 0.2) is 29.4 Å². The molecule has 0 amide bonds. The molecule has 0 aliphatic carbocycles. The van der Waals surface area contributed by atoms with Crippen LogP contribution in [0.25, 0.3) is 0 Å². The van der Waals surface area contributed by atoms with Crippen molar-refractivity contribution in [2.45, 2.75) is 25.8 Å². The molecular formula is C12H18N4. The number of hydrogen-bond acceptors (Lipinski definition) is 4. The lowest BCUT2D eigenvalue weighted by Gasteiger charge is -2.35. The Morgan fingerprint density at radius 3 is 2.94 bits per heavy atom. The van der Waals surface area contributed by atoms with Crippen molar-refractivity contribution in [1.29, 1.82) is 0 Å². The van der Waals surface area contributed by atoms with Crippen LogP contribution in [0, 0.1) is 0 Å². The molecule has 4 heteroatoms. The standard InChI is InChI=1S/C12H18N4/c1-3-8-16-11(13)15-9-12(16,2)10-6-4-5-7-14-10/h4-7H,3,8-9H2,1-2H3,(H2,13,15). The van der Waals surface area contributed by atoms with Crippen molar-refractivity contribution in [2.24, 2.45) is 10.7 Å². The van der Waals surface area contributed by atoms with E-state index in [1.54, 1.807) is 0 Å². The molecule has 1 aromatic rings. The maximum Gasteiger partial charge on any atom is 0.192 e. The van der Waals surface area contributed by atoms with Crippen molar-refractivity contribution in [3.8, 4) is 0 Å². The Morgan fingerprint density at radius 2 is 2.31 bits per heavy atom. The minimum atomic E-state index is -0.179. The second kappa shape index (κ2) is 4.12. The number of pyridine rings is 1. The molecule has 0 aromatic carbocycles. The minimum absolute atomic E-state index is 0.179. The van der Waals surface area contributed by atoms with Crippen molar-refractivity contribution < 1.29 is 0 Å². The monoisotopic (exact) mass is 218 g/mol. The molecule has 0 spiro atoms. The normalized spacial score (nSPS) is 24.6. The first-order valence-electron chi connectivity index (χ1n) is 5.67. The van der Waals surface area contributed by atoms with Gasteiger partial charge in [-0.2, -0.15) is 0 Å². The fourth-order valence-electron chi connectivity index (χ4n) is 2.14. The third-order valence-electron chi connectivity index (χ3n) is 3.09. The smallest absolute Gasteiger partial charge is 0.192 e. The number of nitrogens with zero attached hydrogens (tertiary/aromatic N) is 3. The van der Waals surface area contributed by atoms with Crippen LogP contribution in [0.4, 0.5) is 0 Å². The third-order valence-corrected chi connectivity index (χ3v) is 3.09. The van der Waals surface area contributed by atoms with E-state index in [9.17, 15) is 0 Å². The first-order chi connectivity index (χ1) is 7.68. The van der Waals surface area contributed by atoms with E-state index in [1.807, 2.05) is 24.4 Å². The number of rotatable bonds is 3. The molecule has 1 aliphatic heterocycles. The second-order valence-electron chi connectivity index (χ2n) is 4.31. The minimum Gasteiger partial charge on any atom is -0.370 e. The van der Waals surface area contributed by atoms with Gasteiger partial charge in [0.05, 0.1) is 12.2 Å². The molecular weight excluding hydrogens is 200 g/mol. The molecule has 2 heterocycles. The highest BCUT2D eigenvalue weighted by atomic mass is 15.4. The quantitative estimate of drug-likeness (QED) is 0.833. The molecule has 16 heavy (non-hydrogen) atoms. The summed E-state index contributed by atoms with van der Waals surface area (Å²) in [7, 11) is 0. The van der Waals surface area contributed by atoms with Crippen molar-refractivity contribution in [2.75, 3.05) is 13.1 Å². The van der Waals surface area contributed by atoms with E-state index >= 15 is 0 Å². The molecule has 4 nitrogen and oxygen atoms in total. The summed E-state index contributed by atoms with van der Waals surface area (Å²) in [6, 6.07) is 5.97. The zero-order valence-corrected chi connectivity index (χ0v) is 9.85. The molecule has 1 aliphatic rings. The summed E-state index contributed by atoms with van der Waals surface area (Å²) in [4.78, 5) is 10.9. The van der Waals surface area contributed by atoms with Crippen molar-refractivity contribution in [3.05, 3.63) is 30.1 Å². The van der Waals surface area contributed by atoms with Crippen molar-refractivity contribution >= 4 is 5.96 Å². The molecule has 0 bridgehead atoms. The summed E-state index contributed by atoms with van der Waals surface area (Å²) in [5, 5.41) is 0. The van der Waals surface area contributed by atoms with Gasteiger partial charge in [-0.15, -0.1) is 0 Å². The SMILES string of the molecule is CCCN1C(N)=NCC1(C)c1ccccn1. The lowest BCUT2D eigenvalue weighted by Crippen LogP contribution is -2.48. The van der Waals surface area contributed by atoms with Gasteiger partial charge in [0.1, 0.15) is 5.54 Å². The van der Waals surface area contributed by atoms with Gasteiger partial charge in [0.2, 0.25) is 0 Å². The van der Waals surface area contributed by atoms with Gasteiger partial charge >= 0.3 is 0 Å². The van der Waals surface area contributed by atoms with Crippen LogP contribution in [0.5, 0.6) is 0 Å². The lowest BCUT2D eigenvalue weighted by atomic mass is 9.96. The van der Waals surface area contributed by atoms with Gasteiger partial charge in [0.15, 0.2) is 5.96 Å². The van der Waals surface area contributed by atoms with Gasteiger partial charge in [-0.1, -0.05) is 13.0 Å².